The number of cyclic esters (lactones) is 1. The van der Waals surface area contributed by atoms with Crippen LogP contribution in [0.2, 0.25) is 0 Å². The average Bonchev–Trinajstić information content (AvgIpc) is 2.64. The van der Waals surface area contributed by atoms with Gasteiger partial charge in [0.25, 0.3) is 0 Å². The van der Waals surface area contributed by atoms with Gasteiger partial charge in [0.15, 0.2) is 0 Å². The highest BCUT2D eigenvalue weighted by molar-refractivity contribution is 5.76. The molecule has 6 atom stereocenters. The van der Waals surface area contributed by atoms with Gasteiger partial charge in [0, 0.05) is 17.8 Å². The number of rotatable bonds is 0. The SMILES string of the molecule is O=C1OC[C@H]2[C@@H]1[C@@H]1C[C@@H](O)[C@@H]2[C@@H]1O. The normalized spacial score (nSPS) is 58.2. The van der Waals surface area contributed by atoms with Crippen LogP contribution < -0.4 is 0 Å². The minimum Gasteiger partial charge on any atom is -0.465 e. The fourth-order valence-electron chi connectivity index (χ4n) is 3.38. The van der Waals surface area contributed by atoms with Crippen LogP contribution in [0.3, 0.4) is 0 Å². The predicted octanol–water partition coefficient (Wildman–Crippen LogP) is -0.853. The number of fused-ring (bicyclic) bond motifs is 5. The molecule has 0 aromatic rings. The molecule has 2 saturated carbocycles. The van der Waals surface area contributed by atoms with E-state index in [0.717, 1.165) is 0 Å². The zero-order valence-electron chi connectivity index (χ0n) is 7.09. The molecule has 0 unspecified atom stereocenters. The number of hydrogen-bond acceptors (Lipinski definition) is 4. The first-order chi connectivity index (χ1) is 6.20. The highest BCUT2D eigenvalue weighted by Gasteiger charge is 2.63. The lowest BCUT2D eigenvalue weighted by Gasteiger charge is -2.23. The van der Waals surface area contributed by atoms with E-state index < -0.39 is 12.2 Å². The maximum absolute atomic E-state index is 11.3. The summed E-state index contributed by atoms with van der Waals surface area (Å²) in [5.41, 5.74) is 0. The second kappa shape index (κ2) is 2.25. The van der Waals surface area contributed by atoms with E-state index in [1.165, 1.54) is 0 Å². The van der Waals surface area contributed by atoms with Gasteiger partial charge < -0.3 is 14.9 Å². The molecule has 13 heavy (non-hydrogen) atoms. The van der Waals surface area contributed by atoms with Crippen LogP contribution in [0.15, 0.2) is 0 Å². The summed E-state index contributed by atoms with van der Waals surface area (Å²) in [6.45, 7) is 0.388. The number of carbonyl (C=O) groups is 1. The number of esters is 1. The molecule has 3 fully saturated rings. The Labute approximate surface area is 75.5 Å². The van der Waals surface area contributed by atoms with E-state index in [4.69, 9.17) is 4.74 Å². The zero-order chi connectivity index (χ0) is 9.16. The van der Waals surface area contributed by atoms with E-state index in [2.05, 4.69) is 0 Å². The van der Waals surface area contributed by atoms with E-state index in [1.807, 2.05) is 0 Å². The fraction of sp³-hybridized carbons (Fsp3) is 0.889. The van der Waals surface area contributed by atoms with Gasteiger partial charge in [-0.25, -0.2) is 0 Å². The van der Waals surface area contributed by atoms with E-state index in [-0.39, 0.29) is 29.6 Å². The molecule has 4 heteroatoms. The maximum atomic E-state index is 11.3. The van der Waals surface area contributed by atoms with Crippen molar-refractivity contribution in [2.75, 3.05) is 6.61 Å². The lowest BCUT2D eigenvalue weighted by molar-refractivity contribution is -0.143. The Morgan fingerprint density at radius 1 is 1.31 bits per heavy atom. The summed E-state index contributed by atoms with van der Waals surface area (Å²) < 4.78 is 4.94. The molecule has 0 aromatic heterocycles. The standard InChI is InChI=1S/C9H12O4/c10-5-1-3-6-4(2-13-9(6)12)7(5)8(3)11/h3-8,10-11H,1-2H2/t3-,4-,5+,6-,7+,8+/m0/s1. The van der Waals surface area contributed by atoms with Crippen molar-refractivity contribution < 1.29 is 19.7 Å². The minimum atomic E-state index is -0.488. The zero-order valence-corrected chi connectivity index (χ0v) is 7.09. The molecule has 4 nitrogen and oxygen atoms in total. The molecule has 3 aliphatic rings. The maximum Gasteiger partial charge on any atom is 0.309 e. The summed E-state index contributed by atoms with van der Waals surface area (Å²) in [4.78, 5) is 11.3. The molecule has 72 valence electrons. The van der Waals surface area contributed by atoms with Crippen molar-refractivity contribution in [3.8, 4) is 0 Å². The van der Waals surface area contributed by atoms with Crippen LogP contribution in [0.4, 0.5) is 0 Å². The highest BCUT2D eigenvalue weighted by atomic mass is 16.5. The topological polar surface area (TPSA) is 66.8 Å². The summed E-state index contributed by atoms with van der Waals surface area (Å²) in [6.07, 6.45) is -0.365. The van der Waals surface area contributed by atoms with Gasteiger partial charge in [-0.2, -0.15) is 0 Å². The first kappa shape index (κ1) is 7.76. The quantitative estimate of drug-likeness (QED) is 0.481. The van der Waals surface area contributed by atoms with Crippen LogP contribution in [0.25, 0.3) is 0 Å². The van der Waals surface area contributed by atoms with Crippen LogP contribution in [0, 0.1) is 23.7 Å². The van der Waals surface area contributed by atoms with Gasteiger partial charge in [0.2, 0.25) is 0 Å². The fourth-order valence-corrected chi connectivity index (χ4v) is 3.38. The molecular weight excluding hydrogens is 172 g/mol. The van der Waals surface area contributed by atoms with E-state index in [0.29, 0.717) is 13.0 Å². The van der Waals surface area contributed by atoms with Gasteiger partial charge in [-0.3, -0.25) is 4.79 Å². The number of hydrogen-bond donors (Lipinski definition) is 2. The molecule has 3 rings (SSSR count). The largest absolute Gasteiger partial charge is 0.465 e. The van der Waals surface area contributed by atoms with Gasteiger partial charge in [-0.05, 0) is 6.42 Å². The third-order valence-electron chi connectivity index (χ3n) is 3.90. The lowest BCUT2D eigenvalue weighted by Crippen LogP contribution is -2.31. The molecule has 2 N–H and O–H groups in total. The molecule has 0 aromatic carbocycles. The molecule has 2 bridgehead atoms. The van der Waals surface area contributed by atoms with Crippen molar-refractivity contribution in [1.82, 2.24) is 0 Å². The Kier molecular flexibility index (Phi) is 1.34. The van der Waals surface area contributed by atoms with Crippen molar-refractivity contribution in [3.63, 3.8) is 0 Å². The number of carbonyl (C=O) groups excluding carboxylic acids is 1. The summed E-state index contributed by atoms with van der Waals surface area (Å²) in [6, 6.07) is 0. The minimum absolute atomic E-state index is 0.0556. The highest BCUT2D eigenvalue weighted by Crippen LogP contribution is 2.55. The van der Waals surface area contributed by atoms with Crippen molar-refractivity contribution in [1.29, 1.82) is 0 Å². The van der Waals surface area contributed by atoms with Gasteiger partial charge >= 0.3 is 5.97 Å². The Morgan fingerprint density at radius 2 is 2.08 bits per heavy atom. The van der Waals surface area contributed by atoms with Crippen molar-refractivity contribution >= 4 is 5.97 Å². The van der Waals surface area contributed by atoms with Crippen LogP contribution in [0.1, 0.15) is 6.42 Å². The van der Waals surface area contributed by atoms with Gasteiger partial charge in [-0.1, -0.05) is 0 Å². The van der Waals surface area contributed by atoms with Crippen molar-refractivity contribution in [3.05, 3.63) is 0 Å². The van der Waals surface area contributed by atoms with Crippen LogP contribution in [-0.4, -0.2) is 35.0 Å². The summed E-state index contributed by atoms with van der Waals surface area (Å²) in [5, 5.41) is 19.4. The number of aliphatic hydroxyl groups is 2. The summed E-state index contributed by atoms with van der Waals surface area (Å²) >= 11 is 0. The second-order valence-corrected chi connectivity index (χ2v) is 4.35. The van der Waals surface area contributed by atoms with Gasteiger partial charge in [0.05, 0.1) is 24.7 Å². The molecule has 0 spiro atoms. The lowest BCUT2D eigenvalue weighted by atomic mass is 9.80. The van der Waals surface area contributed by atoms with Gasteiger partial charge in [0.1, 0.15) is 0 Å². The molecule has 2 aliphatic carbocycles. The molecule has 1 saturated heterocycles. The summed E-state index contributed by atoms with van der Waals surface area (Å²) in [7, 11) is 0. The first-order valence-electron chi connectivity index (χ1n) is 4.73. The molecule has 0 amide bonds. The number of ether oxygens (including phenoxy) is 1. The smallest absolute Gasteiger partial charge is 0.309 e. The summed E-state index contributed by atoms with van der Waals surface area (Å²) in [5.74, 6) is -0.426. The Morgan fingerprint density at radius 3 is 2.85 bits per heavy atom. The van der Waals surface area contributed by atoms with Crippen LogP contribution >= 0.6 is 0 Å². The number of aliphatic hydroxyl groups excluding tert-OH is 2. The Hall–Kier alpha value is -0.610. The monoisotopic (exact) mass is 184 g/mol. The van der Waals surface area contributed by atoms with E-state index >= 15 is 0 Å². The Bertz CT molecular complexity index is 262. The molecule has 1 heterocycles. The van der Waals surface area contributed by atoms with E-state index in [9.17, 15) is 15.0 Å². The van der Waals surface area contributed by atoms with Crippen LogP contribution in [0.5, 0.6) is 0 Å². The second-order valence-electron chi connectivity index (χ2n) is 4.35. The van der Waals surface area contributed by atoms with Gasteiger partial charge in [-0.15, -0.1) is 0 Å². The first-order valence-corrected chi connectivity index (χ1v) is 4.73. The third kappa shape index (κ3) is 0.758. The van der Waals surface area contributed by atoms with Crippen molar-refractivity contribution in [2.24, 2.45) is 23.7 Å². The third-order valence-corrected chi connectivity index (χ3v) is 3.90. The molecule has 1 aliphatic heterocycles. The van der Waals surface area contributed by atoms with Crippen molar-refractivity contribution in [2.45, 2.75) is 18.6 Å². The Balaban J connectivity index is 1.98. The van der Waals surface area contributed by atoms with E-state index in [1.54, 1.807) is 0 Å². The predicted molar refractivity (Wildman–Crippen MR) is 41.5 cm³/mol. The average molecular weight is 184 g/mol. The van der Waals surface area contributed by atoms with Crippen LogP contribution in [-0.2, 0) is 9.53 Å². The molecule has 0 radical (unpaired) electrons. The molecular formula is C9H12O4.